The van der Waals surface area contributed by atoms with E-state index in [9.17, 15) is 8.42 Å². The van der Waals surface area contributed by atoms with Crippen LogP contribution in [0.15, 0.2) is 23.1 Å². The third kappa shape index (κ3) is 2.13. The molecule has 0 saturated carbocycles. The molecule has 16 heavy (non-hydrogen) atoms. The van der Waals surface area contributed by atoms with E-state index >= 15 is 0 Å². The van der Waals surface area contributed by atoms with Crippen LogP contribution in [0.3, 0.4) is 0 Å². The highest BCUT2D eigenvalue weighted by Crippen LogP contribution is 2.29. The maximum atomic E-state index is 11.9. The van der Waals surface area contributed by atoms with Crippen LogP contribution in [0.25, 0.3) is 0 Å². The topological polar surface area (TPSA) is 60.2 Å². The molecular weight excluding hydrogens is 222 g/mol. The molecule has 4 heteroatoms. The van der Waals surface area contributed by atoms with Gasteiger partial charge >= 0.3 is 0 Å². The predicted octanol–water partition coefficient (Wildman–Crippen LogP) is 1.30. The number of hydrogen-bond donors (Lipinski definition) is 1. The molecule has 1 aliphatic rings. The molecule has 0 bridgehead atoms. The largest absolute Gasteiger partial charge is 0.330 e. The van der Waals surface area contributed by atoms with Crippen molar-refractivity contribution in [3.8, 4) is 0 Å². The smallest absolute Gasteiger partial charge is 0.179 e. The summed E-state index contributed by atoms with van der Waals surface area (Å²) in [6.45, 7) is 0.668. The number of sulfone groups is 1. The quantitative estimate of drug-likeness (QED) is 0.806. The van der Waals surface area contributed by atoms with Crippen LogP contribution in [-0.2, 0) is 22.7 Å². The monoisotopic (exact) mass is 239 g/mol. The first-order valence-electron chi connectivity index (χ1n) is 5.69. The Morgan fingerprint density at radius 1 is 1.25 bits per heavy atom. The highest BCUT2D eigenvalue weighted by atomic mass is 32.2. The van der Waals surface area contributed by atoms with Crippen LogP contribution in [0.4, 0.5) is 0 Å². The van der Waals surface area contributed by atoms with Crippen LogP contribution in [0.2, 0.25) is 0 Å². The SMILES string of the molecule is NCCCCc1cccc2c1S(=O)(=O)CC2. The highest BCUT2D eigenvalue weighted by molar-refractivity contribution is 7.91. The minimum Gasteiger partial charge on any atom is -0.330 e. The molecule has 88 valence electrons. The summed E-state index contributed by atoms with van der Waals surface area (Å²) >= 11 is 0. The van der Waals surface area contributed by atoms with Gasteiger partial charge in [-0.05, 0) is 43.4 Å². The van der Waals surface area contributed by atoms with Gasteiger partial charge in [0.15, 0.2) is 9.84 Å². The number of aryl methyl sites for hydroxylation is 2. The van der Waals surface area contributed by atoms with Crippen molar-refractivity contribution >= 4 is 9.84 Å². The lowest BCUT2D eigenvalue weighted by atomic mass is 10.0. The van der Waals surface area contributed by atoms with Crippen LogP contribution in [0, 0.1) is 0 Å². The van der Waals surface area contributed by atoms with E-state index < -0.39 is 9.84 Å². The first kappa shape index (κ1) is 11.6. The number of nitrogens with two attached hydrogens (primary N) is 1. The van der Waals surface area contributed by atoms with Gasteiger partial charge in [-0.2, -0.15) is 0 Å². The summed E-state index contributed by atoms with van der Waals surface area (Å²) in [7, 11) is -3.00. The fourth-order valence-electron chi connectivity index (χ4n) is 2.24. The summed E-state index contributed by atoms with van der Waals surface area (Å²) in [6.07, 6.45) is 3.40. The zero-order valence-corrected chi connectivity index (χ0v) is 10.1. The Hall–Kier alpha value is -0.870. The molecule has 1 aliphatic heterocycles. The van der Waals surface area contributed by atoms with Gasteiger partial charge in [0.25, 0.3) is 0 Å². The second-order valence-corrected chi connectivity index (χ2v) is 6.27. The lowest BCUT2D eigenvalue weighted by Crippen LogP contribution is -2.04. The molecular formula is C12H17NO2S. The number of hydrogen-bond acceptors (Lipinski definition) is 3. The first-order chi connectivity index (χ1) is 7.65. The molecule has 1 aromatic carbocycles. The van der Waals surface area contributed by atoms with Gasteiger partial charge < -0.3 is 5.73 Å². The van der Waals surface area contributed by atoms with E-state index in [-0.39, 0.29) is 5.75 Å². The Kier molecular flexibility index (Phi) is 3.30. The second-order valence-electron chi connectivity index (χ2n) is 4.22. The Balaban J connectivity index is 2.30. The van der Waals surface area contributed by atoms with Gasteiger partial charge in [-0.15, -0.1) is 0 Å². The molecule has 0 fully saturated rings. The zero-order chi connectivity index (χ0) is 11.6. The van der Waals surface area contributed by atoms with Crippen molar-refractivity contribution in [2.45, 2.75) is 30.6 Å². The van der Waals surface area contributed by atoms with E-state index in [1.807, 2.05) is 18.2 Å². The third-order valence-corrected chi connectivity index (χ3v) is 4.92. The first-order valence-corrected chi connectivity index (χ1v) is 7.34. The summed E-state index contributed by atoms with van der Waals surface area (Å²) in [5, 5.41) is 0. The number of rotatable bonds is 4. The average molecular weight is 239 g/mol. The Labute approximate surface area is 96.6 Å². The Bertz CT molecular complexity index is 480. The summed E-state index contributed by atoms with van der Waals surface area (Å²) in [5.41, 5.74) is 7.41. The van der Waals surface area contributed by atoms with Crippen LogP contribution in [0.5, 0.6) is 0 Å². The lowest BCUT2D eigenvalue weighted by Gasteiger charge is -2.07. The van der Waals surface area contributed by atoms with Gasteiger partial charge in [0.05, 0.1) is 10.6 Å². The Morgan fingerprint density at radius 2 is 2.06 bits per heavy atom. The van der Waals surface area contributed by atoms with E-state index in [0.717, 1.165) is 30.4 Å². The molecule has 0 radical (unpaired) electrons. The van der Waals surface area contributed by atoms with Gasteiger partial charge in [-0.1, -0.05) is 18.2 Å². The standard InChI is InChI=1S/C12H17NO2S/c13-8-2-1-4-10-5-3-6-11-7-9-16(14,15)12(10)11/h3,5-6H,1-2,4,7-9,13H2. The van der Waals surface area contributed by atoms with Crippen LogP contribution in [-0.4, -0.2) is 20.7 Å². The van der Waals surface area contributed by atoms with Crippen LogP contribution >= 0.6 is 0 Å². The van der Waals surface area contributed by atoms with E-state index in [1.165, 1.54) is 0 Å². The van der Waals surface area contributed by atoms with Crippen molar-refractivity contribution in [3.05, 3.63) is 29.3 Å². The van der Waals surface area contributed by atoms with E-state index in [4.69, 9.17) is 5.73 Å². The zero-order valence-electron chi connectivity index (χ0n) is 9.28. The molecule has 0 spiro atoms. The van der Waals surface area contributed by atoms with Gasteiger partial charge in [0, 0.05) is 0 Å². The fraction of sp³-hybridized carbons (Fsp3) is 0.500. The van der Waals surface area contributed by atoms with Crippen LogP contribution < -0.4 is 5.73 Å². The normalized spacial score (nSPS) is 17.3. The molecule has 1 aromatic rings. The third-order valence-electron chi connectivity index (χ3n) is 3.03. The van der Waals surface area contributed by atoms with Gasteiger partial charge in [-0.25, -0.2) is 8.42 Å². The molecule has 2 rings (SSSR count). The maximum absolute atomic E-state index is 11.9. The summed E-state index contributed by atoms with van der Waals surface area (Å²) < 4.78 is 23.8. The Morgan fingerprint density at radius 3 is 2.81 bits per heavy atom. The minimum atomic E-state index is -3.00. The molecule has 0 saturated heterocycles. The van der Waals surface area contributed by atoms with Crippen molar-refractivity contribution in [1.82, 2.24) is 0 Å². The van der Waals surface area contributed by atoms with Crippen molar-refractivity contribution in [2.24, 2.45) is 5.73 Å². The minimum absolute atomic E-state index is 0.274. The van der Waals surface area contributed by atoms with Gasteiger partial charge in [-0.3, -0.25) is 0 Å². The number of fused-ring (bicyclic) bond motifs is 1. The molecule has 0 unspecified atom stereocenters. The highest BCUT2D eigenvalue weighted by Gasteiger charge is 2.28. The van der Waals surface area contributed by atoms with Gasteiger partial charge in [0.2, 0.25) is 0 Å². The summed E-state index contributed by atoms with van der Waals surface area (Å²) in [4.78, 5) is 0.604. The van der Waals surface area contributed by atoms with Crippen LogP contribution in [0.1, 0.15) is 24.0 Å². The van der Waals surface area contributed by atoms with Crippen molar-refractivity contribution in [1.29, 1.82) is 0 Å². The summed E-state index contributed by atoms with van der Waals surface area (Å²) in [5.74, 6) is 0.274. The fourth-order valence-corrected chi connectivity index (χ4v) is 4.07. The molecule has 0 aliphatic carbocycles. The van der Waals surface area contributed by atoms with E-state index in [1.54, 1.807) is 0 Å². The predicted molar refractivity (Wildman–Crippen MR) is 64.2 cm³/mol. The summed E-state index contributed by atoms with van der Waals surface area (Å²) in [6, 6.07) is 5.81. The van der Waals surface area contributed by atoms with Gasteiger partial charge in [0.1, 0.15) is 0 Å². The van der Waals surface area contributed by atoms with Crippen molar-refractivity contribution in [2.75, 3.05) is 12.3 Å². The molecule has 0 amide bonds. The van der Waals surface area contributed by atoms with E-state index in [0.29, 0.717) is 17.9 Å². The molecule has 3 nitrogen and oxygen atoms in total. The molecule has 0 aromatic heterocycles. The van der Waals surface area contributed by atoms with Crippen molar-refractivity contribution in [3.63, 3.8) is 0 Å². The molecule has 1 heterocycles. The number of unbranched alkanes of at least 4 members (excludes halogenated alkanes) is 1. The lowest BCUT2D eigenvalue weighted by molar-refractivity contribution is 0.598. The molecule has 0 atom stereocenters. The maximum Gasteiger partial charge on any atom is 0.179 e. The van der Waals surface area contributed by atoms with E-state index in [2.05, 4.69) is 0 Å². The average Bonchev–Trinajstić information content (AvgIpc) is 2.56. The van der Waals surface area contributed by atoms with Crippen molar-refractivity contribution < 1.29 is 8.42 Å². The second kappa shape index (κ2) is 4.55. The molecule has 2 N–H and O–H groups in total. The number of benzene rings is 1.